The molecular weight excluding hydrogens is 487 g/mol. The number of amides is 2. The molecule has 3 rings (SSSR count). The number of hydrogen-bond donors (Lipinski definition) is 1. The molecule has 190 valence electrons. The van der Waals surface area contributed by atoms with Crippen LogP contribution < -0.4 is 5.32 Å². The molecule has 2 aromatic carbocycles. The molecule has 1 heterocycles. The summed E-state index contributed by atoms with van der Waals surface area (Å²) in [6.45, 7) is 9.52. The molecule has 1 saturated heterocycles. The normalized spacial score (nSPS) is 17.1. The van der Waals surface area contributed by atoms with Gasteiger partial charge in [0.1, 0.15) is 11.1 Å². The molecule has 6 nitrogen and oxygen atoms in total. The molecule has 1 atom stereocenters. The van der Waals surface area contributed by atoms with Crippen LogP contribution in [0.1, 0.15) is 31.4 Å². The standard InChI is InChI=1S/C26H33FN4O2S.ClH/c1-17-10-9-13-20(18(17)2)29-25-31(16-26(3,4)15-30(5)6)24(33)22(34-25)14-23(32)28-21-12-8-7-11-19(21)27;/h7-13,22H,14-16H2,1-6H3,(H,28,32);1H. The molecule has 0 aliphatic carbocycles. The molecule has 9 heteroatoms. The quantitative estimate of drug-likeness (QED) is 0.505. The van der Waals surface area contributed by atoms with Crippen molar-refractivity contribution in [2.24, 2.45) is 10.4 Å². The fraction of sp³-hybridized carbons (Fsp3) is 0.423. The molecule has 0 spiro atoms. The summed E-state index contributed by atoms with van der Waals surface area (Å²) in [4.78, 5) is 34.7. The minimum Gasteiger partial charge on any atom is -0.324 e. The van der Waals surface area contributed by atoms with E-state index < -0.39 is 17.0 Å². The van der Waals surface area contributed by atoms with Crippen LogP contribution in [-0.4, -0.2) is 59.2 Å². The summed E-state index contributed by atoms with van der Waals surface area (Å²) >= 11 is 1.30. The van der Waals surface area contributed by atoms with Gasteiger partial charge >= 0.3 is 0 Å². The van der Waals surface area contributed by atoms with Crippen molar-refractivity contribution < 1.29 is 14.0 Å². The average molecular weight is 521 g/mol. The van der Waals surface area contributed by atoms with Gasteiger partial charge in [-0.15, -0.1) is 12.4 Å². The van der Waals surface area contributed by atoms with Crippen molar-refractivity contribution >= 4 is 52.5 Å². The van der Waals surface area contributed by atoms with E-state index in [2.05, 4.69) is 24.1 Å². The Kier molecular flexibility index (Phi) is 9.89. The van der Waals surface area contributed by atoms with Gasteiger partial charge in [0.25, 0.3) is 0 Å². The van der Waals surface area contributed by atoms with Crippen molar-refractivity contribution in [2.75, 3.05) is 32.5 Å². The molecule has 1 aliphatic rings. The molecule has 1 N–H and O–H groups in total. The molecule has 35 heavy (non-hydrogen) atoms. The van der Waals surface area contributed by atoms with Gasteiger partial charge in [-0.25, -0.2) is 9.38 Å². The van der Waals surface area contributed by atoms with Crippen LogP contribution in [0.3, 0.4) is 0 Å². The lowest BCUT2D eigenvalue weighted by Gasteiger charge is -2.32. The van der Waals surface area contributed by atoms with Crippen LogP contribution in [0.4, 0.5) is 15.8 Å². The van der Waals surface area contributed by atoms with Crippen LogP contribution in [0, 0.1) is 25.1 Å². The Balaban J connectivity index is 0.00000432. The molecule has 1 fully saturated rings. The second-order valence-corrected chi connectivity index (χ2v) is 10.9. The minimum atomic E-state index is -0.620. The molecule has 0 aromatic heterocycles. The molecule has 0 saturated carbocycles. The predicted molar refractivity (Wildman–Crippen MR) is 145 cm³/mol. The van der Waals surface area contributed by atoms with Gasteiger partial charge < -0.3 is 10.2 Å². The van der Waals surface area contributed by atoms with Gasteiger partial charge in [-0.2, -0.15) is 0 Å². The highest BCUT2D eigenvalue weighted by Crippen LogP contribution is 2.35. The number of amidine groups is 1. The molecule has 0 radical (unpaired) electrons. The Bertz CT molecular complexity index is 1110. The van der Waals surface area contributed by atoms with Crippen LogP contribution >= 0.6 is 24.2 Å². The maximum absolute atomic E-state index is 13.9. The zero-order valence-corrected chi connectivity index (χ0v) is 22.7. The fourth-order valence-electron chi connectivity index (χ4n) is 4.10. The van der Waals surface area contributed by atoms with Gasteiger partial charge in [0.15, 0.2) is 5.17 Å². The van der Waals surface area contributed by atoms with Crippen molar-refractivity contribution in [1.29, 1.82) is 0 Å². The van der Waals surface area contributed by atoms with Crippen LogP contribution in [0.5, 0.6) is 0 Å². The minimum absolute atomic E-state index is 0. The van der Waals surface area contributed by atoms with E-state index in [9.17, 15) is 14.0 Å². The smallest absolute Gasteiger partial charge is 0.242 e. The number of carbonyl (C=O) groups is 2. The lowest BCUT2D eigenvalue weighted by atomic mass is 9.92. The molecule has 2 aromatic rings. The fourth-order valence-corrected chi connectivity index (χ4v) is 5.25. The van der Waals surface area contributed by atoms with Crippen LogP contribution in [-0.2, 0) is 9.59 Å². The second kappa shape index (κ2) is 12.0. The van der Waals surface area contributed by atoms with Crippen molar-refractivity contribution in [3.05, 3.63) is 59.4 Å². The first-order valence-corrected chi connectivity index (χ1v) is 12.2. The third-order valence-electron chi connectivity index (χ3n) is 5.66. The Hall–Kier alpha value is -2.42. The topological polar surface area (TPSA) is 65.0 Å². The van der Waals surface area contributed by atoms with E-state index in [1.165, 1.54) is 23.9 Å². The highest BCUT2D eigenvalue weighted by Gasteiger charge is 2.41. The van der Waals surface area contributed by atoms with Gasteiger partial charge in [0.2, 0.25) is 11.8 Å². The molecular formula is C26H34ClFN4O2S. The number of benzene rings is 2. The van der Waals surface area contributed by atoms with Crippen LogP contribution in [0.25, 0.3) is 0 Å². The predicted octanol–water partition coefficient (Wildman–Crippen LogP) is 5.41. The van der Waals surface area contributed by atoms with E-state index in [0.717, 1.165) is 23.4 Å². The van der Waals surface area contributed by atoms with E-state index in [-0.39, 0.29) is 35.8 Å². The number of thioether (sulfide) groups is 1. The summed E-state index contributed by atoms with van der Waals surface area (Å²) in [7, 11) is 4.01. The first kappa shape index (κ1) is 28.8. The van der Waals surface area contributed by atoms with Gasteiger partial charge in [-0.1, -0.05) is 49.9 Å². The Morgan fingerprint density at radius 3 is 2.51 bits per heavy atom. The number of rotatable bonds is 8. The van der Waals surface area contributed by atoms with E-state index in [1.54, 1.807) is 17.0 Å². The molecule has 2 amide bonds. The van der Waals surface area contributed by atoms with E-state index in [4.69, 9.17) is 4.99 Å². The maximum atomic E-state index is 13.9. The number of para-hydroxylation sites is 1. The van der Waals surface area contributed by atoms with Crippen molar-refractivity contribution in [3.63, 3.8) is 0 Å². The third kappa shape index (κ3) is 7.53. The maximum Gasteiger partial charge on any atom is 0.242 e. The number of aliphatic imine (C=N–C) groups is 1. The lowest BCUT2D eigenvalue weighted by Crippen LogP contribution is -2.43. The Morgan fingerprint density at radius 2 is 1.86 bits per heavy atom. The van der Waals surface area contributed by atoms with Crippen molar-refractivity contribution in [3.8, 4) is 0 Å². The summed E-state index contributed by atoms with van der Waals surface area (Å²) < 4.78 is 13.9. The number of carbonyl (C=O) groups excluding carboxylic acids is 2. The average Bonchev–Trinajstić information content (AvgIpc) is 3.00. The number of aryl methyl sites for hydroxylation is 1. The molecule has 0 bridgehead atoms. The van der Waals surface area contributed by atoms with Crippen LogP contribution in [0.15, 0.2) is 47.5 Å². The third-order valence-corrected chi connectivity index (χ3v) is 6.84. The van der Waals surface area contributed by atoms with Gasteiger partial charge in [-0.05, 0) is 62.7 Å². The summed E-state index contributed by atoms with van der Waals surface area (Å²) in [5.74, 6) is -1.06. The van der Waals surface area contributed by atoms with E-state index in [0.29, 0.717) is 11.7 Å². The van der Waals surface area contributed by atoms with Crippen LogP contribution in [0.2, 0.25) is 0 Å². The second-order valence-electron chi connectivity index (χ2n) is 9.78. The number of halogens is 2. The summed E-state index contributed by atoms with van der Waals surface area (Å²) in [5, 5.41) is 2.56. The Labute approximate surface area is 217 Å². The van der Waals surface area contributed by atoms with Gasteiger partial charge in [0, 0.05) is 19.5 Å². The first-order valence-electron chi connectivity index (χ1n) is 11.3. The van der Waals surface area contributed by atoms with E-state index >= 15 is 0 Å². The van der Waals surface area contributed by atoms with E-state index in [1.807, 2.05) is 46.1 Å². The summed E-state index contributed by atoms with van der Waals surface area (Å²) in [5.41, 5.74) is 2.90. The number of nitrogens with zero attached hydrogens (tertiary/aromatic N) is 3. The van der Waals surface area contributed by atoms with Gasteiger partial charge in [-0.3, -0.25) is 14.5 Å². The summed E-state index contributed by atoms with van der Waals surface area (Å²) in [6.07, 6.45) is -0.0612. The molecule has 1 aliphatic heterocycles. The lowest BCUT2D eigenvalue weighted by molar-refractivity contribution is -0.129. The highest BCUT2D eigenvalue weighted by atomic mass is 35.5. The van der Waals surface area contributed by atoms with Crippen molar-refractivity contribution in [1.82, 2.24) is 9.80 Å². The Morgan fingerprint density at radius 1 is 1.17 bits per heavy atom. The zero-order chi connectivity index (χ0) is 25.0. The number of anilines is 1. The van der Waals surface area contributed by atoms with Gasteiger partial charge in [0.05, 0.1) is 11.4 Å². The zero-order valence-electron chi connectivity index (χ0n) is 21.1. The largest absolute Gasteiger partial charge is 0.324 e. The van der Waals surface area contributed by atoms with Crippen molar-refractivity contribution in [2.45, 2.75) is 39.4 Å². The number of hydrogen-bond acceptors (Lipinski definition) is 5. The highest BCUT2D eigenvalue weighted by molar-refractivity contribution is 8.15. The SMILES string of the molecule is Cc1cccc(N=C2SC(CC(=O)Nc3ccccc3F)C(=O)N2CC(C)(C)CN(C)C)c1C.Cl. The summed E-state index contributed by atoms with van der Waals surface area (Å²) in [6, 6.07) is 11.9. The first-order chi connectivity index (χ1) is 16.0. The number of nitrogens with one attached hydrogen (secondary N) is 1. The molecule has 1 unspecified atom stereocenters. The monoisotopic (exact) mass is 520 g/mol.